The van der Waals surface area contributed by atoms with Gasteiger partial charge < -0.3 is 5.73 Å². The van der Waals surface area contributed by atoms with Crippen molar-refractivity contribution in [1.29, 1.82) is 5.26 Å². The topological polar surface area (TPSA) is 62.2 Å². The molecular formula is C11H11N3. The van der Waals surface area contributed by atoms with Crippen LogP contribution in [0, 0.1) is 11.3 Å². The van der Waals surface area contributed by atoms with Gasteiger partial charge in [0.05, 0.1) is 17.3 Å². The number of allylic oxidation sites excluding steroid dienone is 2. The van der Waals surface area contributed by atoms with Crippen LogP contribution in [0.25, 0.3) is 0 Å². The third kappa shape index (κ3) is 3.11. The first-order valence-corrected chi connectivity index (χ1v) is 4.19. The molecule has 3 heteroatoms. The van der Waals surface area contributed by atoms with Crippen LogP contribution in [0.1, 0.15) is 12.5 Å². The highest BCUT2D eigenvalue weighted by Crippen LogP contribution is 2.12. The maximum absolute atomic E-state index is 8.64. The number of nitrogens with zero attached hydrogens (tertiary/aromatic N) is 2. The molecule has 0 bridgehead atoms. The maximum atomic E-state index is 8.64. The average molecular weight is 185 g/mol. The Morgan fingerprint density at radius 1 is 1.57 bits per heavy atom. The average Bonchev–Trinajstić information content (AvgIpc) is 2.18. The Bertz CT molecular complexity index is 407. The maximum Gasteiger partial charge on any atom is 0.0992 e. The molecule has 1 aromatic rings. The molecule has 0 unspecified atom stereocenters. The van der Waals surface area contributed by atoms with Gasteiger partial charge in [-0.05, 0) is 31.2 Å². The van der Waals surface area contributed by atoms with Crippen molar-refractivity contribution in [1.82, 2.24) is 0 Å². The van der Waals surface area contributed by atoms with Gasteiger partial charge in [0.15, 0.2) is 0 Å². The highest BCUT2D eigenvalue weighted by Gasteiger charge is 1.90. The van der Waals surface area contributed by atoms with Gasteiger partial charge in [-0.1, -0.05) is 6.07 Å². The highest BCUT2D eigenvalue weighted by atomic mass is 14.7. The minimum atomic E-state index is 0.605. The summed E-state index contributed by atoms with van der Waals surface area (Å²) < 4.78 is 0. The molecular weight excluding hydrogens is 174 g/mol. The zero-order valence-electron chi connectivity index (χ0n) is 7.94. The Balaban J connectivity index is 2.83. The third-order valence-corrected chi connectivity index (χ3v) is 1.54. The summed E-state index contributed by atoms with van der Waals surface area (Å²) in [7, 11) is 0. The van der Waals surface area contributed by atoms with E-state index in [4.69, 9.17) is 11.0 Å². The Kier molecular flexibility index (Phi) is 3.45. The molecule has 0 heterocycles. The molecule has 3 nitrogen and oxygen atoms in total. The molecule has 0 amide bonds. The zero-order chi connectivity index (χ0) is 10.4. The van der Waals surface area contributed by atoms with Crippen molar-refractivity contribution in [3.8, 4) is 6.07 Å². The van der Waals surface area contributed by atoms with Crippen LogP contribution in [0.2, 0.25) is 0 Å². The molecule has 0 aliphatic carbocycles. The predicted molar refractivity (Wildman–Crippen MR) is 57.3 cm³/mol. The summed E-state index contributed by atoms with van der Waals surface area (Å²) in [6, 6.07) is 9.14. The summed E-state index contributed by atoms with van der Waals surface area (Å²) in [6.45, 7) is 1.79. The normalized spacial score (nSPS) is 11.6. The standard InChI is InChI=1S/C11H11N3/c1-9(13)5-6-14-11-4-2-3-10(7-11)8-12/h2-7H,13H2,1H3/b9-5-,14-6?. The summed E-state index contributed by atoms with van der Waals surface area (Å²) in [4.78, 5) is 4.12. The molecule has 0 aromatic heterocycles. The van der Waals surface area contributed by atoms with E-state index in [1.807, 2.05) is 6.07 Å². The van der Waals surface area contributed by atoms with E-state index in [1.54, 1.807) is 37.4 Å². The van der Waals surface area contributed by atoms with Crippen LogP contribution in [0.3, 0.4) is 0 Å². The number of nitriles is 1. The van der Waals surface area contributed by atoms with Crippen molar-refractivity contribution in [2.75, 3.05) is 0 Å². The van der Waals surface area contributed by atoms with E-state index in [0.29, 0.717) is 11.3 Å². The summed E-state index contributed by atoms with van der Waals surface area (Å²) in [5, 5.41) is 8.64. The van der Waals surface area contributed by atoms with Crippen molar-refractivity contribution in [3.05, 3.63) is 41.6 Å². The third-order valence-electron chi connectivity index (χ3n) is 1.54. The zero-order valence-corrected chi connectivity index (χ0v) is 7.94. The molecule has 0 aliphatic heterocycles. The second kappa shape index (κ2) is 4.83. The molecule has 0 atom stereocenters. The largest absolute Gasteiger partial charge is 0.402 e. The minimum absolute atomic E-state index is 0.605. The van der Waals surface area contributed by atoms with Gasteiger partial charge in [-0.25, -0.2) is 0 Å². The lowest BCUT2D eigenvalue weighted by atomic mass is 10.2. The van der Waals surface area contributed by atoms with E-state index in [1.165, 1.54) is 0 Å². The molecule has 0 saturated carbocycles. The Morgan fingerprint density at radius 2 is 2.36 bits per heavy atom. The molecule has 1 aromatic carbocycles. The number of rotatable bonds is 2. The van der Waals surface area contributed by atoms with Crippen LogP contribution in [0.15, 0.2) is 41.0 Å². The summed E-state index contributed by atoms with van der Waals surface area (Å²) in [5.74, 6) is 0. The first-order chi connectivity index (χ1) is 6.72. The Labute approximate surface area is 83.2 Å². The molecule has 0 fully saturated rings. The van der Waals surface area contributed by atoms with Gasteiger partial charge in [0.1, 0.15) is 0 Å². The second-order valence-electron chi connectivity index (χ2n) is 2.85. The van der Waals surface area contributed by atoms with Crippen molar-refractivity contribution in [2.45, 2.75) is 6.92 Å². The first-order valence-electron chi connectivity index (χ1n) is 4.19. The summed E-state index contributed by atoms with van der Waals surface area (Å²) >= 11 is 0. The fourth-order valence-corrected chi connectivity index (χ4v) is 0.897. The quantitative estimate of drug-likeness (QED) is 0.717. The van der Waals surface area contributed by atoms with E-state index in [0.717, 1.165) is 5.69 Å². The predicted octanol–water partition coefficient (Wildman–Crippen LogP) is 2.12. The number of aliphatic imine (C=N–C) groups is 1. The molecule has 1 rings (SSSR count). The van der Waals surface area contributed by atoms with Gasteiger partial charge >= 0.3 is 0 Å². The Morgan fingerprint density at radius 3 is 3.00 bits per heavy atom. The van der Waals surface area contributed by atoms with Gasteiger partial charge in [0, 0.05) is 11.9 Å². The van der Waals surface area contributed by atoms with Gasteiger partial charge in [-0.3, -0.25) is 4.99 Å². The number of hydrogen-bond donors (Lipinski definition) is 1. The van der Waals surface area contributed by atoms with E-state index in [-0.39, 0.29) is 0 Å². The van der Waals surface area contributed by atoms with Crippen LogP contribution >= 0.6 is 0 Å². The molecule has 0 aliphatic rings. The van der Waals surface area contributed by atoms with Gasteiger partial charge in [-0.2, -0.15) is 5.26 Å². The monoisotopic (exact) mass is 185 g/mol. The van der Waals surface area contributed by atoms with Crippen LogP contribution in [-0.4, -0.2) is 6.21 Å². The smallest absolute Gasteiger partial charge is 0.0992 e. The fourth-order valence-electron chi connectivity index (χ4n) is 0.897. The molecule has 0 saturated heterocycles. The fraction of sp³-hybridized carbons (Fsp3) is 0.0909. The van der Waals surface area contributed by atoms with Gasteiger partial charge in [0.25, 0.3) is 0 Å². The molecule has 0 spiro atoms. The molecule has 2 N–H and O–H groups in total. The molecule has 70 valence electrons. The summed E-state index contributed by atoms with van der Waals surface area (Å²) in [6.07, 6.45) is 3.32. The number of benzene rings is 1. The number of hydrogen-bond acceptors (Lipinski definition) is 3. The second-order valence-corrected chi connectivity index (χ2v) is 2.85. The van der Waals surface area contributed by atoms with Crippen LogP contribution in [0.4, 0.5) is 5.69 Å². The van der Waals surface area contributed by atoms with Crippen molar-refractivity contribution >= 4 is 11.9 Å². The molecule has 0 radical (unpaired) electrons. The minimum Gasteiger partial charge on any atom is -0.402 e. The van der Waals surface area contributed by atoms with Crippen LogP contribution in [0.5, 0.6) is 0 Å². The lowest BCUT2D eigenvalue weighted by Gasteiger charge is -1.92. The Hall–Kier alpha value is -2.08. The number of nitrogens with two attached hydrogens (primary N) is 1. The highest BCUT2D eigenvalue weighted by molar-refractivity contribution is 5.75. The van der Waals surface area contributed by atoms with Crippen LogP contribution < -0.4 is 5.73 Å². The van der Waals surface area contributed by atoms with Crippen molar-refractivity contribution < 1.29 is 0 Å². The summed E-state index contributed by atoms with van der Waals surface area (Å²) in [5.41, 5.74) is 7.49. The lowest BCUT2D eigenvalue weighted by molar-refractivity contribution is 1.33. The van der Waals surface area contributed by atoms with Gasteiger partial charge in [0.2, 0.25) is 0 Å². The van der Waals surface area contributed by atoms with E-state index in [2.05, 4.69) is 11.1 Å². The SMILES string of the molecule is C/C(N)=C/C=Nc1cccc(C#N)c1. The molecule has 14 heavy (non-hydrogen) atoms. The van der Waals surface area contributed by atoms with Crippen molar-refractivity contribution in [3.63, 3.8) is 0 Å². The van der Waals surface area contributed by atoms with E-state index < -0.39 is 0 Å². The van der Waals surface area contributed by atoms with Crippen LogP contribution in [-0.2, 0) is 0 Å². The van der Waals surface area contributed by atoms with E-state index >= 15 is 0 Å². The van der Waals surface area contributed by atoms with Gasteiger partial charge in [-0.15, -0.1) is 0 Å². The first kappa shape index (κ1) is 10.0. The van der Waals surface area contributed by atoms with Crippen molar-refractivity contribution in [2.24, 2.45) is 10.7 Å². The van der Waals surface area contributed by atoms with E-state index in [9.17, 15) is 0 Å². The lowest BCUT2D eigenvalue weighted by Crippen LogP contribution is -1.89.